The smallest absolute Gasteiger partial charge is 0.336 e. The Kier molecular flexibility index (Phi) is 6.78. The molecule has 0 aliphatic carbocycles. The highest BCUT2D eigenvalue weighted by Crippen LogP contribution is 2.27. The van der Waals surface area contributed by atoms with Crippen LogP contribution in [0.25, 0.3) is 17.1 Å². The molecule has 1 aromatic heterocycles. The fraction of sp³-hybridized carbons (Fsp3) is 0.400. The first-order valence-electron chi connectivity index (χ1n) is 10.7. The lowest BCUT2D eigenvalue weighted by Gasteiger charge is -2.17. The minimum Gasteiger partial charge on any atom is -0.462 e. The van der Waals surface area contributed by atoms with E-state index in [9.17, 15) is 4.79 Å². The summed E-state index contributed by atoms with van der Waals surface area (Å²) in [4.78, 5) is 16.9. The number of ether oxygens (including phenoxy) is 1. The van der Waals surface area contributed by atoms with Gasteiger partial charge in [0.1, 0.15) is 0 Å². The Morgan fingerprint density at radius 3 is 2.39 bits per heavy atom. The van der Waals surface area contributed by atoms with Crippen molar-refractivity contribution in [3.8, 4) is 23.1 Å². The molecule has 6 nitrogen and oxygen atoms in total. The molecule has 0 saturated carbocycles. The van der Waals surface area contributed by atoms with Crippen molar-refractivity contribution in [2.45, 2.75) is 48.0 Å². The van der Waals surface area contributed by atoms with Gasteiger partial charge in [0.25, 0.3) is 0 Å². The SMILES string of the molecule is Cc1ccccc1-c1nc(OCC(C)C)nn1-c1ccc(NC(=O)CC(C)(C)C)cc1. The summed E-state index contributed by atoms with van der Waals surface area (Å²) in [5.74, 6) is 1.11. The van der Waals surface area contributed by atoms with E-state index in [1.807, 2.05) is 63.2 Å². The number of nitrogens with one attached hydrogen (secondary N) is 1. The fourth-order valence-corrected chi connectivity index (χ4v) is 3.15. The third-order valence-electron chi connectivity index (χ3n) is 4.61. The maximum atomic E-state index is 12.2. The maximum absolute atomic E-state index is 12.2. The number of benzene rings is 2. The first-order chi connectivity index (χ1) is 14.6. The van der Waals surface area contributed by atoms with Gasteiger partial charge in [-0.1, -0.05) is 58.9 Å². The highest BCUT2D eigenvalue weighted by atomic mass is 16.5. The summed E-state index contributed by atoms with van der Waals surface area (Å²) < 4.78 is 7.58. The van der Waals surface area contributed by atoms with Crippen LogP contribution in [0.2, 0.25) is 0 Å². The summed E-state index contributed by atoms with van der Waals surface area (Å²) in [6.07, 6.45) is 0.464. The van der Waals surface area contributed by atoms with Gasteiger partial charge in [-0.25, -0.2) is 4.68 Å². The zero-order chi connectivity index (χ0) is 22.6. The quantitative estimate of drug-likeness (QED) is 0.536. The Morgan fingerprint density at radius 2 is 1.77 bits per heavy atom. The molecule has 3 rings (SSSR count). The van der Waals surface area contributed by atoms with E-state index in [1.54, 1.807) is 4.68 Å². The van der Waals surface area contributed by atoms with Crippen LogP contribution in [0.15, 0.2) is 48.5 Å². The van der Waals surface area contributed by atoms with Gasteiger partial charge in [0.05, 0.1) is 12.3 Å². The molecule has 31 heavy (non-hydrogen) atoms. The van der Waals surface area contributed by atoms with Gasteiger partial charge in [0.2, 0.25) is 5.91 Å². The summed E-state index contributed by atoms with van der Waals surface area (Å²) in [6, 6.07) is 16.1. The van der Waals surface area contributed by atoms with Crippen molar-refractivity contribution in [1.82, 2.24) is 14.8 Å². The lowest BCUT2D eigenvalue weighted by atomic mass is 9.92. The van der Waals surface area contributed by atoms with Gasteiger partial charge in [-0.15, -0.1) is 5.10 Å². The van der Waals surface area contributed by atoms with Crippen molar-refractivity contribution in [2.24, 2.45) is 11.3 Å². The van der Waals surface area contributed by atoms with E-state index in [4.69, 9.17) is 4.74 Å². The second-order valence-electron chi connectivity index (χ2n) is 9.48. The second-order valence-corrected chi connectivity index (χ2v) is 9.48. The van der Waals surface area contributed by atoms with Gasteiger partial charge in [-0.3, -0.25) is 4.79 Å². The highest BCUT2D eigenvalue weighted by molar-refractivity contribution is 5.91. The van der Waals surface area contributed by atoms with Crippen molar-refractivity contribution >= 4 is 11.6 Å². The Hall–Kier alpha value is -3.15. The van der Waals surface area contributed by atoms with E-state index in [1.165, 1.54) is 0 Å². The highest BCUT2D eigenvalue weighted by Gasteiger charge is 2.18. The van der Waals surface area contributed by atoms with Crippen molar-refractivity contribution in [3.63, 3.8) is 0 Å². The Morgan fingerprint density at radius 1 is 1.10 bits per heavy atom. The second kappa shape index (κ2) is 9.33. The average Bonchev–Trinajstić information content (AvgIpc) is 3.10. The third kappa shape index (κ3) is 6.17. The van der Waals surface area contributed by atoms with E-state index in [0.29, 0.717) is 25.0 Å². The molecular formula is C25H32N4O2. The molecule has 0 fully saturated rings. The molecule has 0 unspecified atom stereocenters. The molecule has 0 saturated heterocycles. The molecule has 0 radical (unpaired) electrons. The number of rotatable bonds is 7. The lowest BCUT2D eigenvalue weighted by Crippen LogP contribution is -2.19. The summed E-state index contributed by atoms with van der Waals surface area (Å²) in [6.45, 7) is 12.9. The normalized spacial score (nSPS) is 11.6. The first-order valence-corrected chi connectivity index (χ1v) is 10.7. The van der Waals surface area contributed by atoms with Crippen molar-refractivity contribution in [2.75, 3.05) is 11.9 Å². The number of amides is 1. The predicted octanol–water partition coefficient (Wildman–Crippen LogP) is 5.65. The van der Waals surface area contributed by atoms with Gasteiger partial charge in [-0.2, -0.15) is 4.98 Å². The molecule has 1 N–H and O–H groups in total. The monoisotopic (exact) mass is 420 g/mol. The van der Waals surface area contributed by atoms with E-state index in [-0.39, 0.29) is 11.3 Å². The number of carbonyl (C=O) groups is 1. The first kappa shape index (κ1) is 22.5. The molecular weight excluding hydrogens is 388 g/mol. The number of aromatic nitrogens is 3. The van der Waals surface area contributed by atoms with Gasteiger partial charge in [-0.05, 0) is 48.1 Å². The van der Waals surface area contributed by atoms with Crippen LogP contribution in [0.1, 0.15) is 46.6 Å². The topological polar surface area (TPSA) is 69.0 Å². The van der Waals surface area contributed by atoms with Crippen LogP contribution in [-0.2, 0) is 4.79 Å². The van der Waals surface area contributed by atoms with Gasteiger partial charge in [0, 0.05) is 17.7 Å². The molecule has 1 amide bonds. The molecule has 6 heteroatoms. The van der Waals surface area contributed by atoms with Crippen LogP contribution in [0.5, 0.6) is 6.01 Å². The zero-order valence-electron chi connectivity index (χ0n) is 19.3. The zero-order valence-corrected chi connectivity index (χ0v) is 19.3. The van der Waals surface area contributed by atoms with Crippen LogP contribution in [0.3, 0.4) is 0 Å². The van der Waals surface area contributed by atoms with Crippen molar-refractivity contribution < 1.29 is 9.53 Å². The van der Waals surface area contributed by atoms with Gasteiger partial charge < -0.3 is 10.1 Å². The van der Waals surface area contributed by atoms with E-state index >= 15 is 0 Å². The van der Waals surface area contributed by atoms with E-state index in [0.717, 1.165) is 28.3 Å². The molecule has 0 atom stereocenters. The van der Waals surface area contributed by atoms with E-state index in [2.05, 4.69) is 42.2 Å². The molecule has 164 valence electrons. The fourth-order valence-electron chi connectivity index (χ4n) is 3.15. The number of carbonyl (C=O) groups excluding carboxylic acids is 1. The van der Waals surface area contributed by atoms with Crippen LogP contribution in [0.4, 0.5) is 5.69 Å². The number of nitrogens with zero attached hydrogens (tertiary/aromatic N) is 3. The largest absolute Gasteiger partial charge is 0.462 e. The summed E-state index contributed by atoms with van der Waals surface area (Å²) >= 11 is 0. The van der Waals surface area contributed by atoms with Crippen LogP contribution in [-0.4, -0.2) is 27.3 Å². The van der Waals surface area contributed by atoms with Gasteiger partial charge in [0.15, 0.2) is 5.82 Å². The summed E-state index contributed by atoms with van der Waals surface area (Å²) in [7, 11) is 0. The molecule has 2 aromatic carbocycles. The molecule has 1 heterocycles. The molecule has 3 aromatic rings. The maximum Gasteiger partial charge on any atom is 0.336 e. The van der Waals surface area contributed by atoms with Crippen LogP contribution < -0.4 is 10.1 Å². The summed E-state index contributed by atoms with van der Waals surface area (Å²) in [5, 5.41) is 7.57. The molecule has 0 spiro atoms. The Bertz CT molecular complexity index is 1030. The number of hydrogen-bond donors (Lipinski definition) is 1. The molecule has 0 aliphatic heterocycles. The van der Waals surface area contributed by atoms with Gasteiger partial charge >= 0.3 is 6.01 Å². The average molecular weight is 421 g/mol. The minimum absolute atomic E-state index is 0.00553. The number of hydrogen-bond acceptors (Lipinski definition) is 4. The predicted molar refractivity (Wildman–Crippen MR) is 125 cm³/mol. The Labute approximate surface area is 184 Å². The minimum atomic E-state index is -0.0560. The van der Waals surface area contributed by atoms with Crippen molar-refractivity contribution in [3.05, 3.63) is 54.1 Å². The lowest BCUT2D eigenvalue weighted by molar-refractivity contribution is -0.117. The Balaban J connectivity index is 1.90. The number of aryl methyl sites for hydroxylation is 1. The number of anilines is 1. The van der Waals surface area contributed by atoms with Crippen molar-refractivity contribution in [1.29, 1.82) is 0 Å². The van der Waals surface area contributed by atoms with E-state index < -0.39 is 0 Å². The standard InChI is InChI=1S/C25H32N4O2/c1-17(2)16-31-24-27-23(21-10-8-7-9-18(21)3)29(28-24)20-13-11-19(12-14-20)26-22(30)15-25(4,5)6/h7-14,17H,15-16H2,1-6H3,(H,26,30). The summed E-state index contributed by atoms with van der Waals surface area (Å²) in [5.41, 5.74) is 3.65. The third-order valence-corrected chi connectivity index (χ3v) is 4.61. The molecule has 0 aliphatic rings. The van der Waals surface area contributed by atoms with Crippen LogP contribution in [0, 0.1) is 18.3 Å². The van der Waals surface area contributed by atoms with Crippen LogP contribution >= 0.6 is 0 Å². The molecule has 0 bridgehead atoms.